The number of nitrogens with zero attached hydrogens (tertiary/aromatic N) is 3. The summed E-state index contributed by atoms with van der Waals surface area (Å²) in [5.74, 6) is 0. The lowest BCUT2D eigenvalue weighted by molar-refractivity contribution is 0.257. The van der Waals surface area contributed by atoms with E-state index in [4.69, 9.17) is 0 Å². The van der Waals surface area contributed by atoms with E-state index in [2.05, 4.69) is 22.5 Å². The second kappa shape index (κ2) is 4.11. The van der Waals surface area contributed by atoms with Crippen LogP contribution < -0.4 is 5.53 Å². The number of nitrogens with one attached hydrogen (secondary N) is 1. The molecule has 0 spiro atoms. The first kappa shape index (κ1) is 6.94. The molecule has 0 aromatic rings. The highest BCUT2D eigenvalue weighted by molar-refractivity contribution is 5.52. The van der Waals surface area contributed by atoms with Crippen molar-refractivity contribution in [2.24, 2.45) is 10.2 Å². The van der Waals surface area contributed by atoms with Gasteiger partial charge in [-0.15, -0.1) is 0 Å². The molecule has 1 N–H and O–H groups in total. The molecule has 0 atom stereocenters. The lowest BCUT2D eigenvalue weighted by atomic mass is 10.9. The Kier molecular flexibility index (Phi) is 3.56. The Bertz CT molecular complexity index is 88.0. The van der Waals surface area contributed by atoms with E-state index in [1.807, 2.05) is 6.92 Å². The van der Waals surface area contributed by atoms with Gasteiger partial charge in [-0.25, -0.2) is 5.53 Å². The molecule has 0 radical (unpaired) electrons. The molecule has 0 rings (SSSR count). The standard InChI is InChI=1S/C4H10N4/c1-4-6-7-8(3)5-2/h4,7H,2H2,1,3H3/b6-4+. The third-order valence-corrected chi connectivity index (χ3v) is 0.544. The highest BCUT2D eigenvalue weighted by Crippen LogP contribution is 1.69. The van der Waals surface area contributed by atoms with Crippen molar-refractivity contribution < 1.29 is 0 Å². The molecular weight excluding hydrogens is 104 g/mol. The summed E-state index contributed by atoms with van der Waals surface area (Å²) in [7, 11) is 1.71. The first-order valence-electron chi connectivity index (χ1n) is 2.25. The summed E-state index contributed by atoms with van der Waals surface area (Å²) >= 11 is 0. The Morgan fingerprint density at radius 2 is 2.38 bits per heavy atom. The van der Waals surface area contributed by atoms with Gasteiger partial charge in [-0.3, -0.25) is 0 Å². The van der Waals surface area contributed by atoms with Gasteiger partial charge in [0, 0.05) is 20.0 Å². The van der Waals surface area contributed by atoms with E-state index in [9.17, 15) is 0 Å². The number of hydrazine groups is 1. The van der Waals surface area contributed by atoms with Gasteiger partial charge in [0.25, 0.3) is 0 Å². The molecule has 46 valence electrons. The molecule has 0 fully saturated rings. The molecule has 0 aliphatic heterocycles. The van der Waals surface area contributed by atoms with Crippen LogP contribution in [-0.4, -0.2) is 25.1 Å². The Morgan fingerprint density at radius 1 is 1.75 bits per heavy atom. The maximum absolute atomic E-state index is 3.66. The smallest absolute Gasteiger partial charge is 0.0489 e. The summed E-state index contributed by atoms with van der Waals surface area (Å²) in [6, 6.07) is 0. The Morgan fingerprint density at radius 3 is 2.75 bits per heavy atom. The van der Waals surface area contributed by atoms with Gasteiger partial charge in [0.05, 0.1) is 0 Å². The zero-order valence-electron chi connectivity index (χ0n) is 5.13. The summed E-state index contributed by atoms with van der Waals surface area (Å²) in [6.07, 6.45) is 1.63. The fraction of sp³-hybridized carbons (Fsp3) is 0.500. The highest BCUT2D eigenvalue weighted by Gasteiger charge is 1.77. The van der Waals surface area contributed by atoms with Crippen molar-refractivity contribution in [2.45, 2.75) is 6.92 Å². The normalized spacial score (nSPS) is 9.25. The van der Waals surface area contributed by atoms with Crippen molar-refractivity contribution in [3.8, 4) is 0 Å². The molecule has 0 bridgehead atoms. The van der Waals surface area contributed by atoms with Crippen molar-refractivity contribution >= 4 is 12.9 Å². The predicted molar refractivity (Wildman–Crippen MR) is 34.6 cm³/mol. The molecule has 0 aromatic heterocycles. The molecule has 0 aliphatic carbocycles. The summed E-state index contributed by atoms with van der Waals surface area (Å²) in [4.78, 5) is 0. The van der Waals surface area contributed by atoms with E-state index in [1.165, 1.54) is 5.12 Å². The van der Waals surface area contributed by atoms with Crippen LogP contribution >= 0.6 is 0 Å². The van der Waals surface area contributed by atoms with Gasteiger partial charge >= 0.3 is 0 Å². The minimum atomic E-state index is 1.40. The average molecular weight is 114 g/mol. The maximum Gasteiger partial charge on any atom is 0.0489 e. The number of hydrogen-bond acceptors (Lipinski definition) is 4. The van der Waals surface area contributed by atoms with Crippen LogP contribution in [0.3, 0.4) is 0 Å². The van der Waals surface area contributed by atoms with E-state index in [0.717, 1.165) is 0 Å². The lowest BCUT2D eigenvalue weighted by Crippen LogP contribution is -2.23. The molecular formula is C4H10N4. The van der Waals surface area contributed by atoms with Crippen LogP contribution in [0.15, 0.2) is 10.2 Å². The van der Waals surface area contributed by atoms with Crippen LogP contribution in [-0.2, 0) is 0 Å². The van der Waals surface area contributed by atoms with Crippen LogP contribution in [0.2, 0.25) is 0 Å². The Hall–Kier alpha value is -1.06. The topological polar surface area (TPSA) is 40.0 Å². The van der Waals surface area contributed by atoms with E-state index in [1.54, 1.807) is 13.3 Å². The molecule has 0 heterocycles. The molecule has 0 aliphatic rings. The summed E-state index contributed by atoms with van der Waals surface area (Å²) in [5.41, 5.74) is 2.56. The van der Waals surface area contributed by atoms with Crippen molar-refractivity contribution in [3.63, 3.8) is 0 Å². The van der Waals surface area contributed by atoms with Crippen molar-refractivity contribution in [2.75, 3.05) is 7.05 Å². The fourth-order valence-electron chi connectivity index (χ4n) is 0.173. The molecule has 0 aromatic carbocycles. The fourth-order valence-corrected chi connectivity index (χ4v) is 0.173. The van der Waals surface area contributed by atoms with Crippen molar-refractivity contribution in [1.82, 2.24) is 10.7 Å². The van der Waals surface area contributed by atoms with Crippen LogP contribution in [0.5, 0.6) is 0 Å². The van der Waals surface area contributed by atoms with Crippen LogP contribution in [0.4, 0.5) is 0 Å². The van der Waals surface area contributed by atoms with E-state index >= 15 is 0 Å². The quantitative estimate of drug-likeness (QED) is 0.416. The third kappa shape index (κ3) is 3.14. The van der Waals surface area contributed by atoms with Crippen LogP contribution in [0.25, 0.3) is 0 Å². The van der Waals surface area contributed by atoms with Gasteiger partial charge in [0.1, 0.15) is 0 Å². The van der Waals surface area contributed by atoms with Crippen molar-refractivity contribution in [3.05, 3.63) is 0 Å². The summed E-state index contributed by atoms with van der Waals surface area (Å²) in [6.45, 7) is 5.06. The monoisotopic (exact) mass is 114 g/mol. The maximum atomic E-state index is 3.66. The second-order valence-electron chi connectivity index (χ2n) is 1.15. The van der Waals surface area contributed by atoms with Gasteiger partial charge in [0.2, 0.25) is 0 Å². The minimum Gasteiger partial charge on any atom is -0.203 e. The first-order valence-corrected chi connectivity index (χ1v) is 2.25. The van der Waals surface area contributed by atoms with Crippen LogP contribution in [0.1, 0.15) is 6.92 Å². The average Bonchev–Trinajstić information content (AvgIpc) is 1.83. The van der Waals surface area contributed by atoms with Crippen LogP contribution in [0, 0.1) is 0 Å². The zero-order valence-corrected chi connectivity index (χ0v) is 5.13. The molecule has 0 amide bonds. The van der Waals surface area contributed by atoms with E-state index < -0.39 is 0 Å². The Balaban J connectivity index is 3.23. The third-order valence-electron chi connectivity index (χ3n) is 0.544. The van der Waals surface area contributed by atoms with Gasteiger partial charge in [-0.1, -0.05) is 0 Å². The number of hydrazone groups is 2. The molecule has 4 heteroatoms. The molecule has 0 unspecified atom stereocenters. The number of rotatable bonds is 3. The van der Waals surface area contributed by atoms with E-state index in [0.29, 0.717) is 0 Å². The largest absolute Gasteiger partial charge is 0.203 e. The van der Waals surface area contributed by atoms with Gasteiger partial charge in [-0.05, 0) is 6.92 Å². The summed E-state index contributed by atoms with van der Waals surface area (Å²) < 4.78 is 0. The number of hydrogen-bond donors (Lipinski definition) is 1. The predicted octanol–water partition coefficient (Wildman–Crippen LogP) is 0.0441. The molecule has 4 nitrogen and oxygen atoms in total. The Labute approximate surface area is 48.8 Å². The molecule has 8 heavy (non-hydrogen) atoms. The zero-order chi connectivity index (χ0) is 6.41. The molecule has 0 saturated carbocycles. The second-order valence-corrected chi connectivity index (χ2v) is 1.15. The van der Waals surface area contributed by atoms with Gasteiger partial charge < -0.3 is 0 Å². The van der Waals surface area contributed by atoms with Crippen molar-refractivity contribution in [1.29, 1.82) is 0 Å². The van der Waals surface area contributed by atoms with E-state index in [-0.39, 0.29) is 0 Å². The minimum absolute atomic E-state index is 1.40. The van der Waals surface area contributed by atoms with Gasteiger partial charge in [-0.2, -0.15) is 15.3 Å². The molecule has 0 saturated heterocycles. The summed E-state index contributed by atoms with van der Waals surface area (Å²) in [5, 5.41) is 8.55. The SMILES string of the molecule is C=NN(C)N/N=C/C. The highest BCUT2D eigenvalue weighted by atomic mass is 15.8. The first-order chi connectivity index (χ1) is 3.81. The lowest BCUT2D eigenvalue weighted by Gasteiger charge is -2.07. The van der Waals surface area contributed by atoms with Gasteiger partial charge in [0.15, 0.2) is 0 Å².